The molecule has 0 saturated heterocycles. The molecule has 0 aromatic heterocycles. The Balaban J connectivity index is 2.16. The lowest BCUT2D eigenvalue weighted by Crippen LogP contribution is -2.43. The number of hydrogen-bond donors (Lipinski definition) is 2. The maximum absolute atomic E-state index is 12.3. The normalized spacial score (nSPS) is 14.0. The minimum Gasteiger partial charge on any atom is -0.478 e. The number of carbonyl (C=O) groups excluding carboxylic acids is 1. The summed E-state index contributed by atoms with van der Waals surface area (Å²) in [5, 5.41) is 12.2. The van der Waals surface area contributed by atoms with Gasteiger partial charge in [0.15, 0.2) is 0 Å². The second kappa shape index (κ2) is 6.61. The Bertz CT molecular complexity index is 540. The Hall–Kier alpha value is -2.04. The van der Waals surface area contributed by atoms with Crippen molar-refractivity contribution in [1.29, 1.82) is 0 Å². The summed E-state index contributed by atoms with van der Waals surface area (Å²) in [4.78, 5) is 25.2. The highest BCUT2D eigenvalue weighted by atomic mass is 16.4. The standard InChI is InChI=1S/C16H22N2O3/c1-11(2)8-9-17-16(21)18-10-4-6-12-13(15(19)20)5-3-7-14(12)18/h3,5,7,11H,4,6,8-10H2,1-2H3,(H,17,21)(H,19,20). The van der Waals surface area contributed by atoms with Crippen molar-refractivity contribution < 1.29 is 14.7 Å². The van der Waals surface area contributed by atoms with Crippen molar-refractivity contribution >= 4 is 17.7 Å². The average Bonchev–Trinajstić information content (AvgIpc) is 2.45. The number of benzene rings is 1. The highest BCUT2D eigenvalue weighted by molar-refractivity contribution is 5.97. The van der Waals surface area contributed by atoms with E-state index in [1.54, 1.807) is 17.0 Å². The zero-order valence-corrected chi connectivity index (χ0v) is 12.6. The molecule has 0 spiro atoms. The van der Waals surface area contributed by atoms with Crippen molar-refractivity contribution in [3.63, 3.8) is 0 Å². The molecule has 2 N–H and O–H groups in total. The Kier molecular flexibility index (Phi) is 4.83. The van der Waals surface area contributed by atoms with Crippen LogP contribution in [-0.4, -0.2) is 30.2 Å². The van der Waals surface area contributed by atoms with Crippen LogP contribution in [0, 0.1) is 5.92 Å². The Labute approximate surface area is 125 Å². The fourth-order valence-corrected chi connectivity index (χ4v) is 2.60. The summed E-state index contributed by atoms with van der Waals surface area (Å²) in [6, 6.07) is 4.98. The summed E-state index contributed by atoms with van der Waals surface area (Å²) in [6.07, 6.45) is 2.42. The highest BCUT2D eigenvalue weighted by Gasteiger charge is 2.25. The van der Waals surface area contributed by atoms with Gasteiger partial charge in [-0.15, -0.1) is 0 Å². The van der Waals surface area contributed by atoms with E-state index in [9.17, 15) is 14.7 Å². The molecule has 2 amide bonds. The maximum Gasteiger partial charge on any atom is 0.336 e. The number of nitrogens with zero attached hydrogens (tertiary/aromatic N) is 1. The van der Waals surface area contributed by atoms with Gasteiger partial charge in [0.25, 0.3) is 0 Å². The monoisotopic (exact) mass is 290 g/mol. The first kappa shape index (κ1) is 15.4. The number of hydrogen-bond acceptors (Lipinski definition) is 2. The number of fused-ring (bicyclic) bond motifs is 1. The smallest absolute Gasteiger partial charge is 0.336 e. The molecule has 1 aliphatic rings. The number of nitrogens with one attached hydrogen (secondary N) is 1. The van der Waals surface area contributed by atoms with Crippen molar-refractivity contribution in [3.05, 3.63) is 29.3 Å². The van der Waals surface area contributed by atoms with Gasteiger partial charge in [0.1, 0.15) is 0 Å². The molecule has 1 heterocycles. The molecule has 1 aromatic carbocycles. The topological polar surface area (TPSA) is 69.6 Å². The van der Waals surface area contributed by atoms with Crippen molar-refractivity contribution in [2.45, 2.75) is 33.1 Å². The number of carbonyl (C=O) groups is 2. The zero-order chi connectivity index (χ0) is 15.4. The van der Waals surface area contributed by atoms with Gasteiger partial charge in [-0.3, -0.25) is 4.90 Å². The number of rotatable bonds is 4. The first-order valence-electron chi connectivity index (χ1n) is 7.41. The lowest BCUT2D eigenvalue weighted by Gasteiger charge is -2.30. The van der Waals surface area contributed by atoms with E-state index in [-0.39, 0.29) is 6.03 Å². The summed E-state index contributed by atoms with van der Waals surface area (Å²) in [5.74, 6) is -0.397. The Morgan fingerprint density at radius 1 is 1.38 bits per heavy atom. The Morgan fingerprint density at radius 3 is 2.81 bits per heavy atom. The fraction of sp³-hybridized carbons (Fsp3) is 0.500. The maximum atomic E-state index is 12.3. The van der Waals surface area contributed by atoms with Crippen LogP contribution in [0.25, 0.3) is 0 Å². The molecular weight excluding hydrogens is 268 g/mol. The summed E-state index contributed by atoms with van der Waals surface area (Å²) < 4.78 is 0. The number of aromatic carboxylic acids is 1. The quantitative estimate of drug-likeness (QED) is 0.895. The van der Waals surface area contributed by atoms with Gasteiger partial charge < -0.3 is 10.4 Å². The minimum atomic E-state index is -0.936. The number of urea groups is 1. The van der Waals surface area contributed by atoms with Crippen molar-refractivity contribution in [2.24, 2.45) is 5.92 Å². The molecule has 0 unspecified atom stereocenters. The van der Waals surface area contributed by atoms with Crippen LogP contribution in [0.3, 0.4) is 0 Å². The van der Waals surface area contributed by atoms with E-state index in [4.69, 9.17) is 0 Å². The molecule has 1 aromatic rings. The predicted octanol–water partition coefficient (Wildman–Crippen LogP) is 2.89. The van der Waals surface area contributed by atoms with Gasteiger partial charge in [0.05, 0.1) is 5.56 Å². The van der Waals surface area contributed by atoms with Crippen molar-refractivity contribution in [1.82, 2.24) is 5.32 Å². The van der Waals surface area contributed by atoms with Crippen LogP contribution < -0.4 is 10.2 Å². The van der Waals surface area contributed by atoms with E-state index in [1.165, 1.54) is 0 Å². The van der Waals surface area contributed by atoms with Crippen LogP contribution in [0.2, 0.25) is 0 Å². The summed E-state index contributed by atoms with van der Waals surface area (Å²) in [7, 11) is 0. The third-order valence-corrected chi connectivity index (χ3v) is 3.72. The van der Waals surface area contributed by atoms with Crippen LogP contribution in [0.5, 0.6) is 0 Å². The Morgan fingerprint density at radius 2 is 2.14 bits per heavy atom. The van der Waals surface area contributed by atoms with E-state index < -0.39 is 5.97 Å². The van der Waals surface area contributed by atoms with Crippen LogP contribution in [0.4, 0.5) is 10.5 Å². The lowest BCUT2D eigenvalue weighted by atomic mass is 9.96. The SMILES string of the molecule is CC(C)CCNC(=O)N1CCCc2c(C(=O)O)cccc21. The molecule has 0 aliphatic carbocycles. The lowest BCUT2D eigenvalue weighted by molar-refractivity contribution is 0.0695. The van der Waals surface area contributed by atoms with Crippen molar-refractivity contribution in [3.8, 4) is 0 Å². The van der Waals surface area contributed by atoms with Gasteiger partial charge in [0, 0.05) is 18.8 Å². The highest BCUT2D eigenvalue weighted by Crippen LogP contribution is 2.30. The molecule has 21 heavy (non-hydrogen) atoms. The second-order valence-electron chi connectivity index (χ2n) is 5.78. The largest absolute Gasteiger partial charge is 0.478 e. The predicted molar refractivity (Wildman–Crippen MR) is 81.9 cm³/mol. The summed E-state index contributed by atoms with van der Waals surface area (Å²) in [6.45, 7) is 5.49. The van der Waals surface area contributed by atoms with E-state index in [1.807, 2.05) is 6.07 Å². The molecule has 1 aliphatic heterocycles. The third kappa shape index (κ3) is 3.54. The molecule has 5 heteroatoms. The van der Waals surface area contributed by atoms with E-state index >= 15 is 0 Å². The molecule has 0 fully saturated rings. The minimum absolute atomic E-state index is 0.140. The van der Waals surface area contributed by atoms with Crippen molar-refractivity contribution in [2.75, 3.05) is 18.0 Å². The van der Waals surface area contributed by atoms with E-state index in [0.29, 0.717) is 31.0 Å². The van der Waals surface area contributed by atoms with Crippen LogP contribution in [-0.2, 0) is 6.42 Å². The van der Waals surface area contributed by atoms with Crippen LogP contribution >= 0.6 is 0 Å². The fourth-order valence-electron chi connectivity index (χ4n) is 2.60. The van der Waals surface area contributed by atoms with Gasteiger partial charge in [-0.05, 0) is 42.9 Å². The van der Waals surface area contributed by atoms with Gasteiger partial charge in [-0.1, -0.05) is 19.9 Å². The number of carboxylic acid groups (broad SMARTS) is 1. The van der Waals surface area contributed by atoms with Crippen LogP contribution in [0.1, 0.15) is 42.6 Å². The molecule has 0 bridgehead atoms. The zero-order valence-electron chi connectivity index (χ0n) is 12.6. The number of carboxylic acids is 1. The molecule has 0 radical (unpaired) electrons. The van der Waals surface area contributed by atoms with E-state index in [0.717, 1.165) is 24.1 Å². The second-order valence-corrected chi connectivity index (χ2v) is 5.78. The number of amides is 2. The molecule has 2 rings (SSSR count). The van der Waals surface area contributed by atoms with E-state index in [2.05, 4.69) is 19.2 Å². The summed E-state index contributed by atoms with van der Waals surface area (Å²) >= 11 is 0. The molecule has 5 nitrogen and oxygen atoms in total. The molecule has 114 valence electrons. The van der Waals surface area contributed by atoms with Gasteiger partial charge in [-0.25, -0.2) is 9.59 Å². The van der Waals surface area contributed by atoms with Crippen LogP contribution in [0.15, 0.2) is 18.2 Å². The molecule has 0 saturated carbocycles. The number of anilines is 1. The van der Waals surface area contributed by atoms with Gasteiger partial charge in [-0.2, -0.15) is 0 Å². The first-order chi connectivity index (χ1) is 10.0. The molecular formula is C16H22N2O3. The van der Waals surface area contributed by atoms with Gasteiger partial charge in [0.2, 0.25) is 0 Å². The van der Waals surface area contributed by atoms with Gasteiger partial charge >= 0.3 is 12.0 Å². The average molecular weight is 290 g/mol. The summed E-state index contributed by atoms with van der Waals surface area (Å²) in [5.41, 5.74) is 1.78. The molecule has 0 atom stereocenters. The third-order valence-electron chi connectivity index (χ3n) is 3.72. The first-order valence-corrected chi connectivity index (χ1v) is 7.41.